The van der Waals surface area contributed by atoms with E-state index in [0.717, 1.165) is 11.3 Å². The van der Waals surface area contributed by atoms with Crippen LogP contribution in [0, 0.1) is 11.8 Å². The number of halogens is 2. The van der Waals surface area contributed by atoms with E-state index in [2.05, 4.69) is 15.3 Å². The summed E-state index contributed by atoms with van der Waals surface area (Å²) in [4.78, 5) is 37.1. The van der Waals surface area contributed by atoms with E-state index in [1.54, 1.807) is 17.0 Å². The third-order valence-electron chi connectivity index (χ3n) is 6.55. The number of hydrogen-bond donors (Lipinski definition) is 2. The molecule has 202 valence electrons. The number of nitrogen functional groups attached to an aromatic ring is 1. The highest BCUT2D eigenvalue weighted by molar-refractivity contribution is 7.21. The number of benzene rings is 1. The molecule has 2 unspecified atom stereocenters. The fourth-order valence-corrected chi connectivity index (χ4v) is 6.51. The van der Waals surface area contributed by atoms with E-state index in [0.29, 0.717) is 61.0 Å². The Kier molecular flexibility index (Phi) is 6.73. The van der Waals surface area contributed by atoms with Crippen molar-refractivity contribution in [3.8, 4) is 22.8 Å². The third kappa shape index (κ3) is 4.78. The van der Waals surface area contributed by atoms with Crippen LogP contribution in [0.5, 0.6) is 11.5 Å². The molecule has 2 aromatic heterocycles. The maximum absolute atomic E-state index is 13.4. The summed E-state index contributed by atoms with van der Waals surface area (Å²) in [6.07, 6.45) is -0.332. The Morgan fingerprint density at radius 1 is 1.13 bits per heavy atom. The molecule has 13 heteroatoms. The highest BCUT2D eigenvalue weighted by Gasteiger charge is 2.58. The van der Waals surface area contributed by atoms with Crippen molar-refractivity contribution in [2.75, 3.05) is 33.0 Å². The molecule has 1 aliphatic heterocycles. The first-order valence-corrected chi connectivity index (χ1v) is 13.4. The van der Waals surface area contributed by atoms with E-state index >= 15 is 0 Å². The van der Waals surface area contributed by atoms with Crippen LogP contribution >= 0.6 is 34.5 Å². The second-order valence-electron chi connectivity index (χ2n) is 10.3. The lowest BCUT2D eigenvalue weighted by molar-refractivity contribution is 0.0270. The first kappa shape index (κ1) is 26.6. The predicted molar refractivity (Wildman–Crippen MR) is 146 cm³/mol. The van der Waals surface area contributed by atoms with Crippen molar-refractivity contribution in [2.24, 2.45) is 11.8 Å². The Morgan fingerprint density at radius 2 is 1.82 bits per heavy atom. The molecule has 0 bridgehead atoms. The van der Waals surface area contributed by atoms with Crippen LogP contribution in [0.1, 0.15) is 30.4 Å². The second-order valence-corrected chi connectivity index (χ2v) is 12.1. The number of aromatic nitrogens is 2. The minimum Gasteiger partial charge on any atom is -0.496 e. The normalized spacial score (nSPS) is 20.3. The van der Waals surface area contributed by atoms with Gasteiger partial charge in [-0.25, -0.2) is 14.8 Å². The van der Waals surface area contributed by atoms with Gasteiger partial charge in [0.15, 0.2) is 5.75 Å². The Bertz CT molecular complexity index is 1440. The number of ether oxygens (including phenoxy) is 3. The monoisotopic (exact) mass is 579 g/mol. The van der Waals surface area contributed by atoms with Crippen LogP contribution in [0.3, 0.4) is 0 Å². The van der Waals surface area contributed by atoms with Crippen molar-refractivity contribution in [2.45, 2.75) is 32.4 Å². The number of carbonyl (C=O) groups excluding carboxylic acids is 2. The number of likely N-dealkylation sites (tertiary alicyclic amines) is 1. The first-order chi connectivity index (χ1) is 17.9. The van der Waals surface area contributed by atoms with Gasteiger partial charge in [0.2, 0.25) is 5.95 Å². The summed E-state index contributed by atoms with van der Waals surface area (Å²) in [5.74, 6) is 0.764. The summed E-state index contributed by atoms with van der Waals surface area (Å²) < 4.78 is 16.7. The molecule has 2 fully saturated rings. The van der Waals surface area contributed by atoms with Crippen molar-refractivity contribution in [1.82, 2.24) is 20.2 Å². The van der Waals surface area contributed by atoms with Crippen LogP contribution in [0.15, 0.2) is 12.1 Å². The number of thiophene rings is 1. The van der Waals surface area contributed by atoms with E-state index in [9.17, 15) is 9.59 Å². The minimum absolute atomic E-state index is 0.00962. The zero-order valence-electron chi connectivity index (χ0n) is 21.4. The number of carbonyl (C=O) groups is 2. The Morgan fingerprint density at radius 3 is 2.42 bits per heavy atom. The standard InChI is InChI=1S/C25H27Cl2N5O5S/c1-25(2,3)37-24(34)32-8-11-12(9-32)17(11)29-21(33)20-19(36-5)16-18(30-23(28)31-22(16)38-20)15-13(27)6-10(26)7-14(15)35-4/h6-7,11-12,17H,8-9H2,1-5H3,(H,29,33)(H2,28,30,31). The molecule has 0 spiro atoms. The van der Waals surface area contributed by atoms with Crippen LogP contribution in [0.2, 0.25) is 10.0 Å². The summed E-state index contributed by atoms with van der Waals surface area (Å²) in [7, 11) is 2.97. The van der Waals surface area contributed by atoms with E-state index < -0.39 is 5.60 Å². The molecular weight excluding hydrogens is 553 g/mol. The molecule has 5 rings (SSSR count). The number of amides is 2. The summed E-state index contributed by atoms with van der Waals surface area (Å²) in [5, 5.41) is 4.28. The van der Waals surface area contributed by atoms with Crippen LogP contribution in [-0.2, 0) is 4.74 Å². The summed E-state index contributed by atoms with van der Waals surface area (Å²) in [6, 6.07) is 3.15. The van der Waals surface area contributed by atoms with Gasteiger partial charge in [0.25, 0.3) is 5.91 Å². The van der Waals surface area contributed by atoms with E-state index in [1.165, 1.54) is 14.2 Å². The van der Waals surface area contributed by atoms with E-state index in [4.69, 9.17) is 43.1 Å². The van der Waals surface area contributed by atoms with Crippen molar-refractivity contribution in [3.05, 3.63) is 27.1 Å². The zero-order chi connectivity index (χ0) is 27.5. The average molecular weight is 580 g/mol. The molecule has 2 aliphatic rings. The lowest BCUT2D eigenvalue weighted by Gasteiger charge is -2.26. The van der Waals surface area contributed by atoms with E-state index in [1.807, 2.05) is 20.8 Å². The molecular formula is C25H27Cl2N5O5S. The third-order valence-corrected chi connectivity index (χ3v) is 8.13. The van der Waals surface area contributed by atoms with Crippen LogP contribution in [-0.4, -0.2) is 65.8 Å². The van der Waals surface area contributed by atoms with Crippen molar-refractivity contribution in [1.29, 1.82) is 0 Å². The number of methoxy groups -OCH3 is 2. The topological polar surface area (TPSA) is 129 Å². The van der Waals surface area contributed by atoms with Gasteiger partial charge in [-0.15, -0.1) is 11.3 Å². The number of piperidine rings is 1. The molecule has 1 aromatic carbocycles. The van der Waals surface area contributed by atoms with Crippen LogP contribution in [0.25, 0.3) is 21.5 Å². The van der Waals surface area contributed by atoms with Gasteiger partial charge in [0.05, 0.1) is 35.9 Å². The quantitative estimate of drug-likeness (QED) is 0.438. The molecule has 1 aliphatic carbocycles. The number of hydrogen-bond acceptors (Lipinski definition) is 9. The van der Waals surface area contributed by atoms with Gasteiger partial charge < -0.3 is 30.2 Å². The van der Waals surface area contributed by atoms with Crippen molar-refractivity contribution >= 4 is 62.7 Å². The molecule has 2 amide bonds. The van der Waals surface area contributed by atoms with Gasteiger partial charge in [0.1, 0.15) is 21.1 Å². The Hall–Kier alpha value is -3.02. The van der Waals surface area contributed by atoms with Gasteiger partial charge in [-0.05, 0) is 32.9 Å². The fraction of sp³-hybridized carbons (Fsp3) is 0.440. The number of fused-ring (bicyclic) bond motifs is 2. The summed E-state index contributed by atoms with van der Waals surface area (Å²) >= 11 is 13.9. The molecule has 38 heavy (non-hydrogen) atoms. The zero-order valence-corrected chi connectivity index (χ0v) is 23.8. The molecule has 3 heterocycles. The maximum atomic E-state index is 13.4. The van der Waals surface area contributed by atoms with Crippen LogP contribution in [0.4, 0.5) is 10.7 Å². The lowest BCUT2D eigenvalue weighted by atomic mass is 10.1. The number of anilines is 1. The average Bonchev–Trinajstić information content (AvgIpc) is 3.16. The summed E-state index contributed by atoms with van der Waals surface area (Å²) in [6.45, 7) is 6.58. The highest BCUT2D eigenvalue weighted by Crippen LogP contribution is 2.49. The van der Waals surface area contributed by atoms with Gasteiger partial charge in [0, 0.05) is 36.0 Å². The van der Waals surface area contributed by atoms with Crippen LogP contribution < -0.4 is 20.5 Å². The predicted octanol–water partition coefficient (Wildman–Crippen LogP) is 4.86. The first-order valence-electron chi connectivity index (χ1n) is 11.9. The molecule has 3 N–H and O–H groups in total. The Labute approximate surface area is 233 Å². The van der Waals surface area contributed by atoms with Crippen molar-refractivity contribution in [3.63, 3.8) is 0 Å². The molecule has 2 atom stereocenters. The Balaban J connectivity index is 1.42. The van der Waals surface area contributed by atoms with Gasteiger partial charge >= 0.3 is 6.09 Å². The molecule has 0 radical (unpaired) electrons. The molecule has 1 saturated carbocycles. The SMILES string of the molecule is COc1cc(Cl)cc(Cl)c1-c1nc(N)nc2sc(C(=O)NC3C4CN(C(=O)OC(C)(C)C)CC43)c(OC)c12. The number of nitrogens with zero attached hydrogens (tertiary/aromatic N) is 3. The second kappa shape index (κ2) is 9.62. The fourth-order valence-electron chi connectivity index (χ4n) is 4.89. The van der Waals surface area contributed by atoms with E-state index in [-0.39, 0.29) is 35.8 Å². The number of nitrogens with two attached hydrogens (primary N) is 1. The largest absolute Gasteiger partial charge is 0.496 e. The van der Waals surface area contributed by atoms with Crippen molar-refractivity contribution < 1.29 is 23.8 Å². The maximum Gasteiger partial charge on any atom is 0.410 e. The minimum atomic E-state index is -0.555. The van der Waals surface area contributed by atoms with Gasteiger partial charge in [-0.2, -0.15) is 0 Å². The highest BCUT2D eigenvalue weighted by atomic mass is 35.5. The smallest absolute Gasteiger partial charge is 0.410 e. The number of rotatable bonds is 5. The lowest BCUT2D eigenvalue weighted by Crippen LogP contribution is -2.40. The molecule has 1 saturated heterocycles. The summed E-state index contributed by atoms with van der Waals surface area (Å²) in [5.41, 5.74) is 6.30. The van der Waals surface area contributed by atoms with Gasteiger partial charge in [-0.1, -0.05) is 23.2 Å². The van der Waals surface area contributed by atoms with Gasteiger partial charge in [-0.3, -0.25) is 4.79 Å². The number of nitrogens with one attached hydrogen (secondary N) is 1. The molecule has 3 aromatic rings. The molecule has 10 nitrogen and oxygen atoms in total.